The van der Waals surface area contributed by atoms with Gasteiger partial charge in [0, 0.05) is 30.5 Å². The molecule has 0 aliphatic rings. The van der Waals surface area contributed by atoms with E-state index in [1.807, 2.05) is 60.4 Å². The molecule has 2 heterocycles. The Kier molecular flexibility index (Phi) is 4.78. The number of rotatable bonds is 6. The normalized spacial score (nSPS) is 12.3. The van der Waals surface area contributed by atoms with Gasteiger partial charge < -0.3 is 5.32 Å². The lowest BCUT2D eigenvalue weighted by atomic mass is 10.2. The molecule has 1 atom stereocenters. The molecule has 0 saturated carbocycles. The molecule has 5 nitrogen and oxygen atoms in total. The van der Waals surface area contributed by atoms with E-state index in [0.29, 0.717) is 12.6 Å². The van der Waals surface area contributed by atoms with Crippen molar-refractivity contribution in [3.8, 4) is 11.4 Å². The first-order valence-electron chi connectivity index (χ1n) is 7.80. The van der Waals surface area contributed by atoms with Crippen LogP contribution in [0.25, 0.3) is 11.4 Å². The highest BCUT2D eigenvalue weighted by molar-refractivity contribution is 5.54. The molecule has 0 amide bonds. The van der Waals surface area contributed by atoms with Crippen LogP contribution >= 0.6 is 0 Å². The third-order valence-corrected chi connectivity index (χ3v) is 3.60. The zero-order valence-electron chi connectivity index (χ0n) is 13.5. The highest BCUT2D eigenvalue weighted by atomic mass is 15.3. The van der Waals surface area contributed by atoms with Gasteiger partial charge in [-0.1, -0.05) is 30.3 Å². The zero-order valence-corrected chi connectivity index (χ0v) is 13.5. The van der Waals surface area contributed by atoms with E-state index in [2.05, 4.69) is 33.5 Å². The fourth-order valence-corrected chi connectivity index (χ4v) is 2.41. The fourth-order valence-electron chi connectivity index (χ4n) is 2.41. The van der Waals surface area contributed by atoms with Gasteiger partial charge in [0.15, 0.2) is 5.82 Å². The van der Waals surface area contributed by atoms with Crippen molar-refractivity contribution < 1.29 is 0 Å². The molecule has 1 aromatic carbocycles. The number of benzene rings is 1. The van der Waals surface area contributed by atoms with Crippen molar-refractivity contribution in [2.24, 2.45) is 0 Å². The predicted molar refractivity (Wildman–Crippen MR) is 90.7 cm³/mol. The van der Waals surface area contributed by atoms with Gasteiger partial charge in [-0.3, -0.25) is 4.68 Å². The second-order valence-corrected chi connectivity index (χ2v) is 5.76. The van der Waals surface area contributed by atoms with E-state index in [0.717, 1.165) is 23.6 Å². The summed E-state index contributed by atoms with van der Waals surface area (Å²) in [5.41, 5.74) is 3.21. The van der Waals surface area contributed by atoms with Gasteiger partial charge in [0.2, 0.25) is 0 Å². The van der Waals surface area contributed by atoms with E-state index >= 15 is 0 Å². The molecule has 0 aliphatic heterocycles. The fraction of sp³-hybridized carbons (Fsp3) is 0.278. The van der Waals surface area contributed by atoms with Gasteiger partial charge >= 0.3 is 0 Å². The summed E-state index contributed by atoms with van der Waals surface area (Å²) in [6, 6.07) is 12.3. The minimum Gasteiger partial charge on any atom is -0.307 e. The highest BCUT2D eigenvalue weighted by Gasteiger charge is 2.06. The molecule has 23 heavy (non-hydrogen) atoms. The van der Waals surface area contributed by atoms with Crippen molar-refractivity contribution in [2.45, 2.75) is 33.0 Å². The van der Waals surface area contributed by atoms with Gasteiger partial charge in [0.05, 0.1) is 18.4 Å². The summed E-state index contributed by atoms with van der Waals surface area (Å²) in [6.07, 6.45) is 5.74. The van der Waals surface area contributed by atoms with Crippen LogP contribution in [-0.2, 0) is 13.1 Å². The number of aromatic nitrogens is 4. The Balaban J connectivity index is 1.60. The number of hydrogen-bond acceptors (Lipinski definition) is 4. The summed E-state index contributed by atoms with van der Waals surface area (Å²) < 4.78 is 1.96. The number of nitrogens with zero attached hydrogens (tertiary/aromatic N) is 4. The van der Waals surface area contributed by atoms with Gasteiger partial charge in [-0.25, -0.2) is 9.97 Å². The van der Waals surface area contributed by atoms with Gasteiger partial charge in [0.25, 0.3) is 0 Å². The first-order valence-corrected chi connectivity index (χ1v) is 7.80. The Bertz CT molecular complexity index is 751. The van der Waals surface area contributed by atoms with Gasteiger partial charge in [-0.2, -0.15) is 5.10 Å². The van der Waals surface area contributed by atoms with Crippen LogP contribution in [0.2, 0.25) is 0 Å². The molecule has 1 unspecified atom stereocenters. The lowest BCUT2D eigenvalue weighted by molar-refractivity contribution is 0.448. The summed E-state index contributed by atoms with van der Waals surface area (Å²) >= 11 is 0. The van der Waals surface area contributed by atoms with Crippen LogP contribution in [0.5, 0.6) is 0 Å². The van der Waals surface area contributed by atoms with Crippen molar-refractivity contribution in [1.82, 2.24) is 25.1 Å². The summed E-state index contributed by atoms with van der Waals surface area (Å²) in [6.45, 7) is 5.75. The molecular formula is C18H21N5. The van der Waals surface area contributed by atoms with Crippen LogP contribution in [0.15, 0.2) is 55.0 Å². The first kappa shape index (κ1) is 15.4. The molecule has 0 bridgehead atoms. The molecule has 2 aromatic heterocycles. The third kappa shape index (κ3) is 4.23. The number of aryl methyl sites for hydroxylation is 1. The smallest absolute Gasteiger partial charge is 0.159 e. The van der Waals surface area contributed by atoms with Crippen molar-refractivity contribution >= 4 is 0 Å². The minimum atomic E-state index is 0.310. The maximum atomic E-state index is 4.63. The predicted octanol–water partition coefficient (Wildman–Crippen LogP) is 2.83. The van der Waals surface area contributed by atoms with E-state index in [1.165, 1.54) is 5.56 Å². The molecule has 0 spiro atoms. The Morgan fingerprint density at radius 2 is 2.00 bits per heavy atom. The van der Waals surface area contributed by atoms with E-state index in [9.17, 15) is 0 Å². The van der Waals surface area contributed by atoms with Crippen molar-refractivity contribution in [1.29, 1.82) is 0 Å². The van der Waals surface area contributed by atoms with Gasteiger partial charge in [-0.05, 0) is 25.5 Å². The Morgan fingerprint density at radius 1 is 1.17 bits per heavy atom. The summed E-state index contributed by atoms with van der Waals surface area (Å²) in [5, 5.41) is 7.80. The largest absolute Gasteiger partial charge is 0.307 e. The second kappa shape index (κ2) is 7.15. The van der Waals surface area contributed by atoms with E-state index in [-0.39, 0.29) is 0 Å². The van der Waals surface area contributed by atoms with Crippen molar-refractivity contribution in [3.63, 3.8) is 0 Å². The lowest BCUT2D eigenvalue weighted by Gasteiger charge is -2.13. The Labute approximate surface area is 136 Å². The lowest BCUT2D eigenvalue weighted by Crippen LogP contribution is -2.30. The molecule has 0 fully saturated rings. The molecule has 0 saturated heterocycles. The van der Waals surface area contributed by atoms with Crippen LogP contribution in [0.1, 0.15) is 18.2 Å². The summed E-state index contributed by atoms with van der Waals surface area (Å²) in [7, 11) is 0. The van der Waals surface area contributed by atoms with Crippen LogP contribution in [0, 0.1) is 6.92 Å². The standard InChI is InChI=1S/C18H21N5/c1-14-10-21-23(12-14)13-15(2)20-11-17-8-9-19-18(22-17)16-6-4-3-5-7-16/h3-10,12,15,20H,11,13H2,1-2H3. The molecule has 118 valence electrons. The summed E-state index contributed by atoms with van der Waals surface area (Å²) in [4.78, 5) is 8.98. The number of nitrogens with one attached hydrogen (secondary N) is 1. The van der Waals surface area contributed by atoms with Crippen molar-refractivity contribution in [3.05, 3.63) is 66.2 Å². The van der Waals surface area contributed by atoms with Gasteiger partial charge in [0.1, 0.15) is 0 Å². The Morgan fingerprint density at radius 3 is 2.74 bits per heavy atom. The quantitative estimate of drug-likeness (QED) is 0.761. The molecule has 5 heteroatoms. The van der Waals surface area contributed by atoms with E-state index in [4.69, 9.17) is 0 Å². The SMILES string of the molecule is Cc1cnn(CC(C)NCc2ccnc(-c3ccccc3)n2)c1. The zero-order chi connectivity index (χ0) is 16.1. The molecule has 3 aromatic rings. The van der Waals surface area contributed by atoms with Crippen LogP contribution < -0.4 is 5.32 Å². The van der Waals surface area contributed by atoms with Crippen LogP contribution in [0.4, 0.5) is 0 Å². The molecule has 0 aliphatic carbocycles. The average molecular weight is 307 g/mol. The molecular weight excluding hydrogens is 286 g/mol. The molecule has 3 rings (SSSR count). The van der Waals surface area contributed by atoms with Crippen LogP contribution in [-0.4, -0.2) is 25.8 Å². The maximum absolute atomic E-state index is 4.63. The molecule has 0 radical (unpaired) electrons. The number of hydrogen-bond donors (Lipinski definition) is 1. The third-order valence-electron chi connectivity index (χ3n) is 3.60. The van der Waals surface area contributed by atoms with E-state index in [1.54, 1.807) is 0 Å². The highest BCUT2D eigenvalue weighted by Crippen LogP contribution is 2.13. The van der Waals surface area contributed by atoms with Crippen LogP contribution in [0.3, 0.4) is 0 Å². The minimum absolute atomic E-state index is 0.310. The van der Waals surface area contributed by atoms with Gasteiger partial charge in [-0.15, -0.1) is 0 Å². The van der Waals surface area contributed by atoms with Crippen molar-refractivity contribution in [2.75, 3.05) is 0 Å². The monoisotopic (exact) mass is 307 g/mol. The summed E-state index contributed by atoms with van der Waals surface area (Å²) in [5.74, 6) is 0.764. The molecule has 1 N–H and O–H groups in total. The first-order chi connectivity index (χ1) is 11.2. The Hall–Kier alpha value is -2.53. The van der Waals surface area contributed by atoms with E-state index < -0.39 is 0 Å². The second-order valence-electron chi connectivity index (χ2n) is 5.76. The maximum Gasteiger partial charge on any atom is 0.159 e. The topological polar surface area (TPSA) is 55.6 Å². The average Bonchev–Trinajstić information content (AvgIpc) is 2.99.